The number of alkyl halides is 1. The summed E-state index contributed by atoms with van der Waals surface area (Å²) in [4.78, 5) is 0. The fourth-order valence-electron chi connectivity index (χ4n) is 0.684. The number of hydrogen-bond donors (Lipinski definition) is 0. The summed E-state index contributed by atoms with van der Waals surface area (Å²) < 4.78 is 12.2. The Morgan fingerprint density at radius 3 is 2.00 bits per heavy atom. The van der Waals surface area contributed by atoms with E-state index in [4.69, 9.17) is 0 Å². The first-order valence-corrected chi connectivity index (χ1v) is 3.60. The number of hydrogen-bond acceptors (Lipinski definition) is 0. The van der Waals surface area contributed by atoms with Crippen molar-refractivity contribution in [2.24, 2.45) is 11.3 Å². The number of halogens is 1. The van der Waals surface area contributed by atoms with Crippen LogP contribution in [0.25, 0.3) is 0 Å². The van der Waals surface area contributed by atoms with Gasteiger partial charge in [0.25, 0.3) is 0 Å². The molecule has 0 aromatic heterocycles. The van der Waals surface area contributed by atoms with Gasteiger partial charge in [-0.3, -0.25) is 4.39 Å². The summed E-state index contributed by atoms with van der Waals surface area (Å²) >= 11 is 0. The lowest BCUT2D eigenvalue weighted by molar-refractivity contribution is 0.166. The summed E-state index contributed by atoms with van der Waals surface area (Å²) in [6.07, 6.45) is 1.07. The molecule has 0 aromatic carbocycles. The Hall–Kier alpha value is -0.0700. The van der Waals surface area contributed by atoms with E-state index in [1.54, 1.807) is 0 Å². The van der Waals surface area contributed by atoms with Crippen LogP contribution in [-0.2, 0) is 0 Å². The summed E-state index contributed by atoms with van der Waals surface area (Å²) in [5.41, 5.74) is -0.116. The van der Waals surface area contributed by atoms with E-state index in [1.165, 1.54) is 0 Å². The molecule has 0 rings (SSSR count). The molecule has 0 nitrogen and oxygen atoms in total. The third kappa shape index (κ3) is 2.33. The highest BCUT2D eigenvalue weighted by Crippen LogP contribution is 2.28. The lowest BCUT2D eigenvalue weighted by Crippen LogP contribution is -2.22. The van der Waals surface area contributed by atoms with Crippen molar-refractivity contribution in [2.45, 2.75) is 34.1 Å². The third-order valence-corrected chi connectivity index (χ3v) is 2.29. The average Bonchev–Trinajstić information content (AvgIpc) is 1.86. The molecule has 0 aliphatic carbocycles. The second-order valence-electron chi connectivity index (χ2n) is 3.43. The maximum absolute atomic E-state index is 12.2. The molecule has 0 aromatic rings. The Morgan fingerprint density at radius 1 is 1.44 bits per heavy atom. The summed E-state index contributed by atoms with van der Waals surface area (Å²) in [6, 6.07) is 0. The van der Waals surface area contributed by atoms with Gasteiger partial charge in [0.05, 0.1) is 6.67 Å². The first-order chi connectivity index (χ1) is 4.04. The van der Waals surface area contributed by atoms with Crippen molar-refractivity contribution in [3.05, 3.63) is 0 Å². The normalized spacial score (nSPS) is 15.7. The molecule has 0 aliphatic rings. The highest BCUT2D eigenvalue weighted by Gasteiger charge is 2.23. The first-order valence-electron chi connectivity index (χ1n) is 3.60. The minimum absolute atomic E-state index is 0.116. The summed E-state index contributed by atoms with van der Waals surface area (Å²) in [5, 5.41) is 0. The van der Waals surface area contributed by atoms with Gasteiger partial charge in [-0.05, 0) is 11.3 Å². The largest absolute Gasteiger partial charge is 0.251 e. The zero-order valence-electron chi connectivity index (χ0n) is 6.87. The third-order valence-electron chi connectivity index (χ3n) is 2.29. The molecule has 0 aliphatic heterocycles. The highest BCUT2D eigenvalue weighted by molar-refractivity contribution is 4.72. The monoisotopic (exact) mass is 132 g/mol. The van der Waals surface area contributed by atoms with Gasteiger partial charge in [-0.15, -0.1) is 0 Å². The van der Waals surface area contributed by atoms with E-state index in [1.807, 2.05) is 13.8 Å². The van der Waals surface area contributed by atoms with Gasteiger partial charge in [0, 0.05) is 0 Å². The standard InChI is InChI=1S/C8H17F/c1-5-7(2)8(3,4)6-9/h7H,5-6H2,1-4H3. The highest BCUT2D eigenvalue weighted by atomic mass is 19.1. The van der Waals surface area contributed by atoms with E-state index in [-0.39, 0.29) is 12.1 Å². The van der Waals surface area contributed by atoms with Crippen molar-refractivity contribution in [3.63, 3.8) is 0 Å². The Labute approximate surface area is 57.5 Å². The maximum atomic E-state index is 12.2. The molecule has 0 saturated carbocycles. The molecule has 1 heteroatoms. The van der Waals surface area contributed by atoms with E-state index in [2.05, 4.69) is 13.8 Å². The van der Waals surface area contributed by atoms with Crippen molar-refractivity contribution >= 4 is 0 Å². The van der Waals surface area contributed by atoms with Crippen molar-refractivity contribution in [1.29, 1.82) is 0 Å². The molecule has 0 amide bonds. The summed E-state index contributed by atoms with van der Waals surface area (Å²) in [5.74, 6) is 0.488. The summed E-state index contributed by atoms with van der Waals surface area (Å²) in [7, 11) is 0. The summed E-state index contributed by atoms with van der Waals surface area (Å²) in [6.45, 7) is 7.94. The Morgan fingerprint density at radius 2 is 1.89 bits per heavy atom. The van der Waals surface area contributed by atoms with Crippen LogP contribution in [0.3, 0.4) is 0 Å². The van der Waals surface area contributed by atoms with Gasteiger partial charge in [-0.25, -0.2) is 0 Å². The zero-order valence-corrected chi connectivity index (χ0v) is 6.87. The van der Waals surface area contributed by atoms with Crippen LogP contribution in [0.15, 0.2) is 0 Å². The Balaban J connectivity index is 3.80. The number of rotatable bonds is 3. The molecule has 0 saturated heterocycles. The lowest BCUT2D eigenvalue weighted by Gasteiger charge is -2.27. The molecule has 0 spiro atoms. The predicted molar refractivity (Wildman–Crippen MR) is 39.2 cm³/mol. The molecule has 1 unspecified atom stereocenters. The molecule has 56 valence electrons. The van der Waals surface area contributed by atoms with Gasteiger partial charge in [0.1, 0.15) is 0 Å². The second-order valence-corrected chi connectivity index (χ2v) is 3.43. The smallest absolute Gasteiger partial charge is 0.0947 e. The van der Waals surface area contributed by atoms with Crippen LogP contribution >= 0.6 is 0 Å². The van der Waals surface area contributed by atoms with E-state index in [0.717, 1.165) is 6.42 Å². The lowest BCUT2D eigenvalue weighted by atomic mass is 9.80. The zero-order chi connectivity index (χ0) is 7.49. The van der Waals surface area contributed by atoms with Crippen molar-refractivity contribution in [2.75, 3.05) is 6.67 Å². The van der Waals surface area contributed by atoms with E-state index < -0.39 is 0 Å². The predicted octanol–water partition coefficient (Wildman–Crippen LogP) is 3.03. The van der Waals surface area contributed by atoms with E-state index in [0.29, 0.717) is 5.92 Å². The molecule has 0 N–H and O–H groups in total. The molecule has 0 bridgehead atoms. The van der Waals surface area contributed by atoms with Gasteiger partial charge in [-0.1, -0.05) is 34.1 Å². The van der Waals surface area contributed by atoms with Crippen molar-refractivity contribution in [3.8, 4) is 0 Å². The van der Waals surface area contributed by atoms with Crippen molar-refractivity contribution in [1.82, 2.24) is 0 Å². The van der Waals surface area contributed by atoms with Crippen molar-refractivity contribution < 1.29 is 4.39 Å². The molecule has 0 radical (unpaired) electrons. The molecule has 1 atom stereocenters. The van der Waals surface area contributed by atoms with Crippen LogP contribution in [0.1, 0.15) is 34.1 Å². The fourth-order valence-corrected chi connectivity index (χ4v) is 0.684. The average molecular weight is 132 g/mol. The topological polar surface area (TPSA) is 0 Å². The fraction of sp³-hybridized carbons (Fsp3) is 1.00. The minimum Gasteiger partial charge on any atom is -0.251 e. The van der Waals surface area contributed by atoms with Gasteiger partial charge in [-0.2, -0.15) is 0 Å². The van der Waals surface area contributed by atoms with Crippen LogP contribution in [0, 0.1) is 11.3 Å². The van der Waals surface area contributed by atoms with Gasteiger partial charge < -0.3 is 0 Å². The Bertz CT molecular complexity index is 76.6. The quantitative estimate of drug-likeness (QED) is 0.553. The molecule has 0 heterocycles. The van der Waals surface area contributed by atoms with Crippen LogP contribution in [0.2, 0.25) is 0 Å². The van der Waals surface area contributed by atoms with Gasteiger partial charge >= 0.3 is 0 Å². The first kappa shape index (κ1) is 8.93. The van der Waals surface area contributed by atoms with Crippen LogP contribution in [0.5, 0.6) is 0 Å². The second kappa shape index (κ2) is 3.19. The van der Waals surface area contributed by atoms with Crippen LogP contribution in [0.4, 0.5) is 4.39 Å². The van der Waals surface area contributed by atoms with Crippen LogP contribution < -0.4 is 0 Å². The van der Waals surface area contributed by atoms with E-state index >= 15 is 0 Å². The Kier molecular flexibility index (Phi) is 3.16. The van der Waals surface area contributed by atoms with Gasteiger partial charge in [0.2, 0.25) is 0 Å². The molecule has 9 heavy (non-hydrogen) atoms. The van der Waals surface area contributed by atoms with E-state index in [9.17, 15) is 4.39 Å². The van der Waals surface area contributed by atoms with Gasteiger partial charge in [0.15, 0.2) is 0 Å². The minimum atomic E-state index is -0.206. The molecular formula is C8H17F. The SMILES string of the molecule is CCC(C)C(C)(C)CF. The molecule has 0 fully saturated rings. The maximum Gasteiger partial charge on any atom is 0.0947 e. The van der Waals surface area contributed by atoms with Crippen LogP contribution in [-0.4, -0.2) is 6.67 Å². The molecular weight excluding hydrogens is 115 g/mol.